The summed E-state index contributed by atoms with van der Waals surface area (Å²) in [5, 5.41) is 3.88. The zero-order valence-corrected chi connectivity index (χ0v) is 18.8. The van der Waals surface area contributed by atoms with Gasteiger partial charge in [0, 0.05) is 18.8 Å². The molecule has 1 N–H and O–H groups in total. The van der Waals surface area contributed by atoms with Crippen LogP contribution in [0.4, 0.5) is 11.4 Å². The Balaban J connectivity index is 1.44. The van der Waals surface area contributed by atoms with E-state index in [9.17, 15) is 9.59 Å². The van der Waals surface area contributed by atoms with Crippen LogP contribution in [0.1, 0.15) is 33.6 Å². The molecule has 1 fully saturated rings. The Morgan fingerprint density at radius 3 is 2.48 bits per heavy atom. The molecule has 168 valence electrons. The second-order valence-electron chi connectivity index (χ2n) is 8.14. The summed E-state index contributed by atoms with van der Waals surface area (Å²) >= 11 is 6.46. The average molecular weight is 462 g/mol. The first-order chi connectivity index (χ1) is 16.1. The normalized spacial score (nSPS) is 17.5. The van der Waals surface area contributed by atoms with Gasteiger partial charge >= 0.3 is 0 Å². The Morgan fingerprint density at radius 2 is 1.67 bits per heavy atom. The van der Waals surface area contributed by atoms with Gasteiger partial charge < -0.3 is 15.0 Å². The van der Waals surface area contributed by atoms with Crippen molar-refractivity contribution in [2.24, 2.45) is 0 Å². The van der Waals surface area contributed by atoms with E-state index in [4.69, 9.17) is 16.3 Å². The second-order valence-corrected chi connectivity index (χ2v) is 8.55. The molecule has 0 aliphatic carbocycles. The van der Waals surface area contributed by atoms with Crippen LogP contribution in [0.5, 0.6) is 5.75 Å². The molecule has 5 rings (SSSR count). The predicted molar refractivity (Wildman–Crippen MR) is 129 cm³/mol. The third-order valence-electron chi connectivity index (χ3n) is 6.03. The molecule has 0 aromatic heterocycles. The van der Waals surface area contributed by atoms with Crippen molar-refractivity contribution < 1.29 is 14.3 Å². The molecule has 2 aliphatic rings. The summed E-state index contributed by atoms with van der Waals surface area (Å²) in [7, 11) is 0. The molecular formula is C26H24ClN3O3. The van der Waals surface area contributed by atoms with E-state index < -0.39 is 6.17 Å². The molecule has 2 amide bonds. The molecule has 0 spiro atoms. The Kier molecular flexibility index (Phi) is 5.92. The van der Waals surface area contributed by atoms with Crippen molar-refractivity contribution in [3.8, 4) is 5.75 Å². The van der Waals surface area contributed by atoms with E-state index in [1.165, 1.54) is 0 Å². The Labute approximate surface area is 197 Å². The summed E-state index contributed by atoms with van der Waals surface area (Å²) in [5.41, 5.74) is 2.44. The van der Waals surface area contributed by atoms with Gasteiger partial charge in [-0.3, -0.25) is 14.5 Å². The maximum Gasteiger partial charge on any atom is 0.262 e. The number of carbonyl (C=O) groups excluding carboxylic acids is 2. The third kappa shape index (κ3) is 4.14. The zero-order chi connectivity index (χ0) is 22.8. The molecule has 0 unspecified atom stereocenters. The van der Waals surface area contributed by atoms with Crippen molar-refractivity contribution in [3.05, 3.63) is 88.9 Å². The number of benzene rings is 3. The fraction of sp³-hybridized carbons (Fsp3) is 0.231. The third-order valence-corrected chi connectivity index (χ3v) is 6.35. The zero-order valence-electron chi connectivity index (χ0n) is 18.0. The number of nitrogens with zero attached hydrogens (tertiary/aromatic N) is 2. The van der Waals surface area contributed by atoms with Crippen molar-refractivity contribution in [1.29, 1.82) is 0 Å². The summed E-state index contributed by atoms with van der Waals surface area (Å²) in [4.78, 5) is 29.9. The number of para-hydroxylation sites is 3. The van der Waals surface area contributed by atoms with E-state index in [-0.39, 0.29) is 18.4 Å². The number of nitrogens with one attached hydrogen (secondary N) is 1. The van der Waals surface area contributed by atoms with Crippen LogP contribution in [0.15, 0.2) is 72.8 Å². The standard InChI is InChI=1S/C26H24ClN3O3/c27-20-11-3-5-13-22(20)30-24(28-21-12-4-1-9-18(21)26(30)32)17-33-23-14-6-2-10-19(23)25(31)29-15-7-8-16-29/h1-6,9-14,24,28H,7-8,15-17H2/t24-/m1/s1. The van der Waals surface area contributed by atoms with Gasteiger partial charge in [0.1, 0.15) is 18.5 Å². The fourth-order valence-electron chi connectivity index (χ4n) is 4.38. The number of ether oxygens (including phenoxy) is 1. The number of halogens is 1. The summed E-state index contributed by atoms with van der Waals surface area (Å²) < 4.78 is 6.17. The smallest absolute Gasteiger partial charge is 0.262 e. The van der Waals surface area contributed by atoms with Crippen molar-refractivity contribution in [3.63, 3.8) is 0 Å². The van der Waals surface area contributed by atoms with Crippen LogP contribution in [-0.2, 0) is 0 Å². The van der Waals surface area contributed by atoms with Gasteiger partial charge in [-0.05, 0) is 49.2 Å². The molecule has 0 saturated carbocycles. The fourth-order valence-corrected chi connectivity index (χ4v) is 4.61. The lowest BCUT2D eigenvalue weighted by Crippen LogP contribution is -2.52. The summed E-state index contributed by atoms with van der Waals surface area (Å²) in [5.74, 6) is 0.318. The van der Waals surface area contributed by atoms with Gasteiger partial charge in [0.2, 0.25) is 0 Å². The van der Waals surface area contributed by atoms with Crippen LogP contribution < -0.4 is 15.0 Å². The van der Waals surface area contributed by atoms with Crippen LogP contribution in [0, 0.1) is 0 Å². The van der Waals surface area contributed by atoms with Gasteiger partial charge in [0.25, 0.3) is 11.8 Å². The van der Waals surface area contributed by atoms with Crippen molar-refractivity contribution in [2.45, 2.75) is 19.0 Å². The van der Waals surface area contributed by atoms with Gasteiger partial charge in [0.05, 0.1) is 21.8 Å². The first kappa shape index (κ1) is 21.3. The summed E-state index contributed by atoms with van der Waals surface area (Å²) in [6, 6.07) is 21.9. The molecule has 6 nitrogen and oxygen atoms in total. The van der Waals surface area contributed by atoms with Gasteiger partial charge in [-0.15, -0.1) is 0 Å². The predicted octanol–water partition coefficient (Wildman–Crippen LogP) is 5.05. The molecule has 1 saturated heterocycles. The molecule has 0 bridgehead atoms. The van der Waals surface area contributed by atoms with Crippen molar-refractivity contribution in [1.82, 2.24) is 4.90 Å². The van der Waals surface area contributed by atoms with Crippen molar-refractivity contribution in [2.75, 3.05) is 29.9 Å². The van der Waals surface area contributed by atoms with E-state index in [1.807, 2.05) is 53.4 Å². The maximum absolute atomic E-state index is 13.5. The van der Waals surface area contributed by atoms with Crippen molar-refractivity contribution >= 4 is 34.8 Å². The number of hydrogen-bond donors (Lipinski definition) is 1. The van der Waals surface area contributed by atoms with Crippen LogP contribution in [0.3, 0.4) is 0 Å². The van der Waals surface area contributed by atoms with Gasteiger partial charge in [-0.2, -0.15) is 0 Å². The molecule has 0 radical (unpaired) electrons. The molecular weight excluding hydrogens is 438 g/mol. The lowest BCUT2D eigenvalue weighted by Gasteiger charge is -2.38. The van der Waals surface area contributed by atoms with Crippen LogP contribution in [0.2, 0.25) is 5.02 Å². The van der Waals surface area contributed by atoms with E-state index >= 15 is 0 Å². The van der Waals surface area contributed by atoms with E-state index in [2.05, 4.69) is 5.32 Å². The molecule has 2 aliphatic heterocycles. The molecule has 3 aromatic carbocycles. The Hall–Kier alpha value is -3.51. The number of hydrogen-bond acceptors (Lipinski definition) is 4. The first-order valence-corrected chi connectivity index (χ1v) is 11.5. The minimum Gasteiger partial charge on any atom is -0.489 e. The number of fused-ring (bicyclic) bond motifs is 1. The number of rotatable bonds is 5. The number of amides is 2. The van der Waals surface area contributed by atoms with Crippen LogP contribution in [0.25, 0.3) is 0 Å². The molecule has 3 aromatic rings. The minimum absolute atomic E-state index is 0.0240. The highest BCUT2D eigenvalue weighted by Crippen LogP contribution is 2.34. The van der Waals surface area contributed by atoms with Crippen LogP contribution in [-0.4, -0.2) is 42.6 Å². The van der Waals surface area contributed by atoms with Crippen LogP contribution >= 0.6 is 11.6 Å². The first-order valence-electron chi connectivity index (χ1n) is 11.1. The number of likely N-dealkylation sites (tertiary alicyclic amines) is 1. The Bertz CT molecular complexity index is 1190. The highest BCUT2D eigenvalue weighted by atomic mass is 35.5. The largest absolute Gasteiger partial charge is 0.489 e. The monoisotopic (exact) mass is 461 g/mol. The van der Waals surface area contributed by atoms with Gasteiger partial charge in [0.15, 0.2) is 0 Å². The summed E-state index contributed by atoms with van der Waals surface area (Å²) in [6.07, 6.45) is 1.53. The quantitative estimate of drug-likeness (QED) is 0.577. The molecule has 1 atom stereocenters. The summed E-state index contributed by atoms with van der Waals surface area (Å²) in [6.45, 7) is 1.67. The SMILES string of the molecule is O=C(c1ccccc1OC[C@@H]1Nc2ccccc2C(=O)N1c1ccccc1Cl)N1CCCC1. The molecule has 7 heteroatoms. The number of carbonyl (C=O) groups is 2. The lowest BCUT2D eigenvalue weighted by molar-refractivity contribution is 0.0786. The molecule has 33 heavy (non-hydrogen) atoms. The lowest BCUT2D eigenvalue weighted by atomic mass is 10.1. The Morgan fingerprint density at radius 1 is 0.970 bits per heavy atom. The van der Waals surface area contributed by atoms with Gasteiger partial charge in [-0.25, -0.2) is 0 Å². The van der Waals surface area contributed by atoms with Gasteiger partial charge in [-0.1, -0.05) is 48.0 Å². The minimum atomic E-state index is -0.512. The highest BCUT2D eigenvalue weighted by Gasteiger charge is 2.34. The number of anilines is 2. The average Bonchev–Trinajstić information content (AvgIpc) is 3.38. The van der Waals surface area contributed by atoms with E-state index in [0.29, 0.717) is 27.6 Å². The van der Waals surface area contributed by atoms with E-state index in [1.54, 1.807) is 29.2 Å². The maximum atomic E-state index is 13.5. The second kappa shape index (κ2) is 9.16. The topological polar surface area (TPSA) is 61.9 Å². The van der Waals surface area contributed by atoms with E-state index in [0.717, 1.165) is 31.6 Å². The highest BCUT2D eigenvalue weighted by molar-refractivity contribution is 6.34. The molecule has 2 heterocycles.